The minimum absolute atomic E-state index is 0.00765. The molecule has 0 aliphatic heterocycles. The molecule has 0 radical (unpaired) electrons. The predicted molar refractivity (Wildman–Crippen MR) is 88.0 cm³/mol. The third-order valence-electron chi connectivity index (χ3n) is 2.33. The zero-order valence-electron chi connectivity index (χ0n) is 12.5. The van der Waals surface area contributed by atoms with Gasteiger partial charge >= 0.3 is 0 Å². The molecular formula is C16H22N2OS. The van der Waals surface area contributed by atoms with Crippen LogP contribution in [0, 0.1) is 18.8 Å². The Bertz CT molecular complexity index is 536. The molecule has 0 unspecified atom stereocenters. The van der Waals surface area contributed by atoms with Crippen LogP contribution in [0.5, 0.6) is 0 Å². The van der Waals surface area contributed by atoms with Crippen LogP contribution in [0.4, 0.5) is 5.69 Å². The number of hydrogen-bond acceptors (Lipinski definition) is 3. The molecule has 0 aromatic heterocycles. The number of carbonyl (C=O) groups excluding carboxylic acids is 1. The zero-order chi connectivity index (χ0) is 15.2. The number of amides is 1. The quantitative estimate of drug-likeness (QED) is 0.842. The number of hydrogen-bond donors (Lipinski definition) is 2. The van der Waals surface area contributed by atoms with E-state index in [9.17, 15) is 4.79 Å². The molecule has 4 heteroatoms. The molecule has 0 spiro atoms. The summed E-state index contributed by atoms with van der Waals surface area (Å²) in [6.45, 7) is 8.60. The Labute approximate surface area is 125 Å². The molecule has 1 rings (SSSR count). The minimum Gasteiger partial charge on any atom is -0.325 e. The molecule has 1 aromatic rings. The van der Waals surface area contributed by atoms with Crippen LogP contribution in [0.15, 0.2) is 18.2 Å². The number of carbonyl (C=O) groups is 1. The number of thioether (sulfide) groups is 1. The molecule has 0 saturated heterocycles. The van der Waals surface area contributed by atoms with Gasteiger partial charge in [-0.05, 0) is 30.7 Å². The van der Waals surface area contributed by atoms with Crippen molar-refractivity contribution < 1.29 is 4.79 Å². The van der Waals surface area contributed by atoms with Crippen molar-refractivity contribution in [3.63, 3.8) is 0 Å². The van der Waals surface area contributed by atoms with Gasteiger partial charge in [0.15, 0.2) is 0 Å². The fraction of sp³-hybridized carbons (Fsp3) is 0.438. The van der Waals surface area contributed by atoms with Gasteiger partial charge in [0.05, 0.1) is 12.3 Å². The second kappa shape index (κ2) is 7.37. The van der Waals surface area contributed by atoms with Crippen LogP contribution in [-0.2, 0) is 4.79 Å². The molecule has 20 heavy (non-hydrogen) atoms. The Morgan fingerprint density at radius 3 is 2.65 bits per heavy atom. The van der Waals surface area contributed by atoms with Crippen molar-refractivity contribution in [1.82, 2.24) is 0 Å². The van der Waals surface area contributed by atoms with E-state index in [4.69, 9.17) is 5.73 Å². The maximum Gasteiger partial charge on any atom is 0.234 e. The standard InChI is InChI=1S/C16H22N2OS/c1-12-8-13(6-5-7-17)10-14(9-12)18-15(19)11-20-16(2,3)4/h8-10H,7,11,17H2,1-4H3,(H,18,19). The van der Waals surface area contributed by atoms with E-state index in [0.717, 1.165) is 16.8 Å². The smallest absolute Gasteiger partial charge is 0.234 e. The third-order valence-corrected chi connectivity index (χ3v) is 3.60. The van der Waals surface area contributed by atoms with E-state index in [0.29, 0.717) is 12.3 Å². The molecule has 0 saturated carbocycles. The lowest BCUT2D eigenvalue weighted by atomic mass is 10.1. The van der Waals surface area contributed by atoms with E-state index in [1.54, 1.807) is 11.8 Å². The van der Waals surface area contributed by atoms with E-state index in [-0.39, 0.29) is 10.7 Å². The summed E-state index contributed by atoms with van der Waals surface area (Å²) in [5.74, 6) is 6.26. The monoisotopic (exact) mass is 290 g/mol. The largest absolute Gasteiger partial charge is 0.325 e. The average molecular weight is 290 g/mol. The SMILES string of the molecule is Cc1cc(C#CCN)cc(NC(=O)CSC(C)(C)C)c1. The molecule has 0 aliphatic rings. The van der Waals surface area contributed by atoms with E-state index in [1.807, 2.05) is 25.1 Å². The first kappa shape index (κ1) is 16.6. The highest BCUT2D eigenvalue weighted by Crippen LogP contribution is 2.23. The fourth-order valence-corrected chi connectivity index (χ4v) is 2.20. The number of nitrogens with one attached hydrogen (secondary N) is 1. The molecule has 3 N–H and O–H groups in total. The van der Waals surface area contributed by atoms with Crippen LogP contribution in [-0.4, -0.2) is 23.0 Å². The Kier molecular flexibility index (Phi) is 6.12. The van der Waals surface area contributed by atoms with E-state index >= 15 is 0 Å². The molecule has 1 aromatic carbocycles. The van der Waals surface area contributed by atoms with Gasteiger partial charge in [0.1, 0.15) is 0 Å². The average Bonchev–Trinajstić information content (AvgIpc) is 2.32. The van der Waals surface area contributed by atoms with Gasteiger partial charge in [0.2, 0.25) is 5.91 Å². The first-order chi connectivity index (χ1) is 9.30. The Balaban J connectivity index is 2.72. The van der Waals surface area contributed by atoms with Crippen LogP contribution in [0.2, 0.25) is 0 Å². The molecule has 108 valence electrons. The van der Waals surface area contributed by atoms with Gasteiger partial charge in [-0.2, -0.15) is 0 Å². The maximum atomic E-state index is 11.9. The Morgan fingerprint density at radius 1 is 1.35 bits per heavy atom. The van der Waals surface area contributed by atoms with E-state index in [1.165, 1.54) is 0 Å². The summed E-state index contributed by atoms with van der Waals surface area (Å²) in [6.07, 6.45) is 0. The summed E-state index contributed by atoms with van der Waals surface area (Å²) in [5.41, 5.74) is 8.08. The summed E-state index contributed by atoms with van der Waals surface area (Å²) >= 11 is 1.63. The molecule has 0 aliphatic carbocycles. The van der Waals surface area contributed by atoms with Gasteiger partial charge in [-0.15, -0.1) is 11.8 Å². The number of benzene rings is 1. The van der Waals surface area contributed by atoms with Crippen LogP contribution < -0.4 is 11.1 Å². The summed E-state index contributed by atoms with van der Waals surface area (Å²) in [4.78, 5) is 11.9. The number of aryl methyl sites for hydroxylation is 1. The molecule has 0 fully saturated rings. The van der Waals surface area contributed by atoms with Crippen molar-refractivity contribution in [3.05, 3.63) is 29.3 Å². The van der Waals surface area contributed by atoms with Gasteiger partial charge in [-0.1, -0.05) is 32.6 Å². The van der Waals surface area contributed by atoms with Crippen molar-refractivity contribution >= 4 is 23.4 Å². The first-order valence-electron chi connectivity index (χ1n) is 6.54. The topological polar surface area (TPSA) is 55.1 Å². The van der Waals surface area contributed by atoms with Crippen molar-refractivity contribution in [2.24, 2.45) is 5.73 Å². The lowest BCUT2D eigenvalue weighted by Crippen LogP contribution is -2.19. The zero-order valence-corrected chi connectivity index (χ0v) is 13.4. The number of rotatable bonds is 3. The highest BCUT2D eigenvalue weighted by atomic mass is 32.2. The second-order valence-corrected chi connectivity index (χ2v) is 7.34. The Hall–Kier alpha value is -1.44. The molecule has 1 amide bonds. The van der Waals surface area contributed by atoms with Crippen molar-refractivity contribution in [2.45, 2.75) is 32.4 Å². The molecule has 3 nitrogen and oxygen atoms in total. The van der Waals surface area contributed by atoms with E-state index in [2.05, 4.69) is 37.9 Å². The summed E-state index contributed by atoms with van der Waals surface area (Å²) in [6, 6.07) is 5.78. The van der Waals surface area contributed by atoms with Gasteiger partial charge in [-0.3, -0.25) is 4.79 Å². The Morgan fingerprint density at radius 2 is 2.05 bits per heavy atom. The van der Waals surface area contributed by atoms with Gasteiger partial charge in [0, 0.05) is 16.0 Å². The lowest BCUT2D eigenvalue weighted by molar-refractivity contribution is -0.113. The van der Waals surface area contributed by atoms with Crippen molar-refractivity contribution in [2.75, 3.05) is 17.6 Å². The highest BCUT2D eigenvalue weighted by Gasteiger charge is 2.13. The maximum absolute atomic E-state index is 11.9. The summed E-state index contributed by atoms with van der Waals surface area (Å²) in [5, 5.41) is 2.91. The summed E-state index contributed by atoms with van der Waals surface area (Å²) < 4.78 is 0.0850. The van der Waals surface area contributed by atoms with Crippen LogP contribution in [0.25, 0.3) is 0 Å². The van der Waals surface area contributed by atoms with Crippen LogP contribution >= 0.6 is 11.8 Å². The first-order valence-corrected chi connectivity index (χ1v) is 7.53. The van der Waals surface area contributed by atoms with Crippen LogP contribution in [0.3, 0.4) is 0 Å². The number of nitrogens with two attached hydrogens (primary N) is 1. The molecule has 0 bridgehead atoms. The third kappa shape index (κ3) is 6.65. The van der Waals surface area contributed by atoms with Crippen molar-refractivity contribution in [3.8, 4) is 11.8 Å². The predicted octanol–water partition coefficient (Wildman–Crippen LogP) is 2.78. The summed E-state index contributed by atoms with van der Waals surface area (Å²) in [7, 11) is 0. The molecule has 0 heterocycles. The molecule has 0 atom stereocenters. The number of anilines is 1. The van der Waals surface area contributed by atoms with Crippen LogP contribution in [0.1, 0.15) is 31.9 Å². The second-order valence-electron chi connectivity index (χ2n) is 5.54. The van der Waals surface area contributed by atoms with E-state index < -0.39 is 0 Å². The van der Waals surface area contributed by atoms with Gasteiger partial charge in [0.25, 0.3) is 0 Å². The minimum atomic E-state index is 0.00765. The van der Waals surface area contributed by atoms with Gasteiger partial charge < -0.3 is 11.1 Å². The fourth-order valence-electron chi connectivity index (χ4n) is 1.56. The van der Waals surface area contributed by atoms with Crippen molar-refractivity contribution in [1.29, 1.82) is 0 Å². The lowest BCUT2D eigenvalue weighted by Gasteiger charge is -2.17. The highest BCUT2D eigenvalue weighted by molar-refractivity contribution is 8.01. The van der Waals surface area contributed by atoms with Gasteiger partial charge in [-0.25, -0.2) is 0 Å². The molecular weight excluding hydrogens is 268 g/mol. The normalized spacial score (nSPS) is 10.7.